The van der Waals surface area contributed by atoms with E-state index in [-0.39, 0.29) is 5.91 Å². The first-order chi connectivity index (χ1) is 10.6. The number of carbonyl (C=O) groups excluding carboxylic acids is 1. The number of nitrogens with one attached hydrogen (secondary N) is 1. The van der Waals surface area contributed by atoms with Crippen LogP contribution in [0.3, 0.4) is 0 Å². The topological polar surface area (TPSA) is 29.1 Å². The van der Waals surface area contributed by atoms with Gasteiger partial charge in [0.05, 0.1) is 0 Å². The van der Waals surface area contributed by atoms with E-state index in [1.165, 1.54) is 16.7 Å². The van der Waals surface area contributed by atoms with Crippen LogP contribution < -0.4 is 5.32 Å². The van der Waals surface area contributed by atoms with Crippen LogP contribution in [0.4, 0.5) is 0 Å². The third-order valence-electron chi connectivity index (χ3n) is 3.79. The molecule has 2 rings (SSSR count). The third-order valence-corrected chi connectivity index (χ3v) is 3.79. The number of hydrogen-bond donors (Lipinski definition) is 1. The van der Waals surface area contributed by atoms with Gasteiger partial charge in [-0.05, 0) is 28.5 Å². The van der Waals surface area contributed by atoms with Crippen molar-refractivity contribution in [3.8, 4) is 11.1 Å². The standard InChI is InChI=1S/C20H25NO/c1-15(2)13-20(22)21-14-16(3)17-9-11-19(12-10-17)18-7-5-4-6-8-18/h4-12,15-16H,13-14H2,1-3H3,(H,21,22). The number of amides is 1. The minimum atomic E-state index is 0.141. The Morgan fingerprint density at radius 2 is 1.50 bits per heavy atom. The molecule has 2 aromatic rings. The average Bonchev–Trinajstić information content (AvgIpc) is 2.53. The number of benzene rings is 2. The van der Waals surface area contributed by atoms with Crippen molar-refractivity contribution in [2.45, 2.75) is 33.1 Å². The Morgan fingerprint density at radius 1 is 0.909 bits per heavy atom. The predicted molar refractivity (Wildman–Crippen MR) is 92.8 cm³/mol. The van der Waals surface area contributed by atoms with Crippen LogP contribution in [0.1, 0.15) is 38.7 Å². The summed E-state index contributed by atoms with van der Waals surface area (Å²) >= 11 is 0. The molecule has 1 atom stereocenters. The van der Waals surface area contributed by atoms with Gasteiger partial charge in [0.2, 0.25) is 5.91 Å². The average molecular weight is 295 g/mol. The Labute approximate surface area is 133 Å². The molecule has 0 aliphatic rings. The predicted octanol–water partition coefficient (Wildman–Crippen LogP) is 4.62. The summed E-state index contributed by atoms with van der Waals surface area (Å²) in [6.07, 6.45) is 0.597. The van der Waals surface area contributed by atoms with Gasteiger partial charge in [-0.1, -0.05) is 75.4 Å². The molecule has 116 valence electrons. The smallest absolute Gasteiger partial charge is 0.220 e. The first kappa shape index (κ1) is 16.3. The van der Waals surface area contributed by atoms with Gasteiger partial charge in [-0.2, -0.15) is 0 Å². The number of hydrogen-bond acceptors (Lipinski definition) is 1. The summed E-state index contributed by atoms with van der Waals surface area (Å²) in [4.78, 5) is 11.7. The highest BCUT2D eigenvalue weighted by molar-refractivity contribution is 5.76. The molecule has 0 saturated heterocycles. The lowest BCUT2D eigenvalue weighted by atomic mass is 9.97. The Bertz CT molecular complexity index is 587. The fourth-order valence-electron chi connectivity index (χ4n) is 2.46. The van der Waals surface area contributed by atoms with E-state index in [4.69, 9.17) is 0 Å². The van der Waals surface area contributed by atoms with Crippen LogP contribution in [0.5, 0.6) is 0 Å². The van der Waals surface area contributed by atoms with E-state index < -0.39 is 0 Å². The van der Waals surface area contributed by atoms with Gasteiger partial charge in [0.15, 0.2) is 0 Å². The highest BCUT2D eigenvalue weighted by atomic mass is 16.1. The fourth-order valence-corrected chi connectivity index (χ4v) is 2.46. The van der Waals surface area contributed by atoms with Crippen molar-refractivity contribution in [1.82, 2.24) is 5.32 Å². The zero-order chi connectivity index (χ0) is 15.9. The molecule has 2 aromatic carbocycles. The molecule has 0 heterocycles. The minimum absolute atomic E-state index is 0.141. The maximum Gasteiger partial charge on any atom is 0.220 e. The fraction of sp³-hybridized carbons (Fsp3) is 0.350. The molecule has 0 fully saturated rings. The van der Waals surface area contributed by atoms with Crippen LogP contribution in [0.25, 0.3) is 11.1 Å². The molecule has 2 heteroatoms. The lowest BCUT2D eigenvalue weighted by Gasteiger charge is -2.14. The molecule has 2 nitrogen and oxygen atoms in total. The van der Waals surface area contributed by atoms with Crippen molar-refractivity contribution in [2.24, 2.45) is 5.92 Å². The summed E-state index contributed by atoms with van der Waals surface area (Å²) in [5.74, 6) is 0.865. The summed E-state index contributed by atoms with van der Waals surface area (Å²) in [6.45, 7) is 6.96. The Kier molecular flexibility index (Phi) is 5.76. The van der Waals surface area contributed by atoms with Crippen LogP contribution in [0.15, 0.2) is 54.6 Å². The van der Waals surface area contributed by atoms with Gasteiger partial charge in [0, 0.05) is 13.0 Å². The molecule has 0 aromatic heterocycles. The zero-order valence-electron chi connectivity index (χ0n) is 13.7. The van der Waals surface area contributed by atoms with Gasteiger partial charge in [0.1, 0.15) is 0 Å². The van der Waals surface area contributed by atoms with E-state index in [0.29, 0.717) is 24.8 Å². The van der Waals surface area contributed by atoms with Gasteiger partial charge >= 0.3 is 0 Å². The molecule has 0 aliphatic carbocycles. The maximum absolute atomic E-state index is 11.7. The highest BCUT2D eigenvalue weighted by Crippen LogP contribution is 2.22. The molecule has 0 bridgehead atoms. The van der Waals surface area contributed by atoms with Crippen molar-refractivity contribution in [2.75, 3.05) is 6.54 Å². The second-order valence-electron chi connectivity index (χ2n) is 6.29. The van der Waals surface area contributed by atoms with Crippen LogP contribution >= 0.6 is 0 Å². The van der Waals surface area contributed by atoms with Crippen LogP contribution in [0, 0.1) is 5.92 Å². The molecule has 0 radical (unpaired) electrons. The number of carbonyl (C=O) groups is 1. The lowest BCUT2D eigenvalue weighted by Crippen LogP contribution is -2.28. The summed E-state index contributed by atoms with van der Waals surface area (Å²) in [5, 5.41) is 3.02. The van der Waals surface area contributed by atoms with Crippen molar-refractivity contribution in [3.05, 3.63) is 60.2 Å². The molecule has 0 aliphatic heterocycles. The molecule has 0 spiro atoms. The van der Waals surface area contributed by atoms with Gasteiger partial charge in [-0.3, -0.25) is 4.79 Å². The summed E-state index contributed by atoms with van der Waals surface area (Å²) in [6, 6.07) is 19.0. The quantitative estimate of drug-likeness (QED) is 0.827. The van der Waals surface area contributed by atoms with Crippen LogP contribution in [0.2, 0.25) is 0 Å². The Balaban J connectivity index is 1.94. The van der Waals surface area contributed by atoms with E-state index in [0.717, 1.165) is 0 Å². The molecular weight excluding hydrogens is 270 g/mol. The molecule has 22 heavy (non-hydrogen) atoms. The van der Waals surface area contributed by atoms with E-state index in [2.05, 4.69) is 74.6 Å². The first-order valence-corrected chi connectivity index (χ1v) is 7.98. The van der Waals surface area contributed by atoms with Gasteiger partial charge in [-0.15, -0.1) is 0 Å². The van der Waals surface area contributed by atoms with Crippen molar-refractivity contribution < 1.29 is 4.79 Å². The van der Waals surface area contributed by atoms with Gasteiger partial charge in [0.25, 0.3) is 0 Å². The largest absolute Gasteiger partial charge is 0.355 e. The van der Waals surface area contributed by atoms with Gasteiger partial charge in [-0.25, -0.2) is 0 Å². The van der Waals surface area contributed by atoms with Crippen molar-refractivity contribution in [1.29, 1.82) is 0 Å². The third kappa shape index (κ3) is 4.73. The summed E-state index contributed by atoms with van der Waals surface area (Å²) in [5.41, 5.74) is 3.71. The number of rotatable bonds is 6. The highest BCUT2D eigenvalue weighted by Gasteiger charge is 2.09. The normalized spacial score (nSPS) is 12.2. The van der Waals surface area contributed by atoms with E-state index in [9.17, 15) is 4.79 Å². The second kappa shape index (κ2) is 7.79. The Hall–Kier alpha value is -2.09. The van der Waals surface area contributed by atoms with E-state index in [1.807, 2.05) is 6.07 Å². The van der Waals surface area contributed by atoms with Crippen LogP contribution in [-0.4, -0.2) is 12.5 Å². The summed E-state index contributed by atoms with van der Waals surface area (Å²) < 4.78 is 0. The van der Waals surface area contributed by atoms with Gasteiger partial charge < -0.3 is 5.32 Å². The van der Waals surface area contributed by atoms with Crippen molar-refractivity contribution in [3.63, 3.8) is 0 Å². The molecule has 1 amide bonds. The molecule has 1 N–H and O–H groups in total. The zero-order valence-corrected chi connectivity index (χ0v) is 13.7. The lowest BCUT2D eigenvalue weighted by molar-refractivity contribution is -0.121. The molecular formula is C20H25NO. The van der Waals surface area contributed by atoms with E-state index in [1.54, 1.807) is 0 Å². The Morgan fingerprint density at radius 3 is 2.09 bits per heavy atom. The van der Waals surface area contributed by atoms with Crippen molar-refractivity contribution >= 4 is 5.91 Å². The van der Waals surface area contributed by atoms with Crippen LogP contribution in [-0.2, 0) is 4.79 Å². The maximum atomic E-state index is 11.7. The monoisotopic (exact) mass is 295 g/mol. The summed E-state index contributed by atoms with van der Waals surface area (Å²) in [7, 11) is 0. The minimum Gasteiger partial charge on any atom is -0.355 e. The van der Waals surface area contributed by atoms with E-state index >= 15 is 0 Å². The molecule has 1 unspecified atom stereocenters. The second-order valence-corrected chi connectivity index (χ2v) is 6.29. The first-order valence-electron chi connectivity index (χ1n) is 7.98. The molecule has 0 saturated carbocycles. The SMILES string of the molecule is CC(C)CC(=O)NCC(C)c1ccc(-c2ccccc2)cc1.